The molecule has 0 aromatic rings. The van der Waals surface area contributed by atoms with E-state index in [9.17, 15) is 0 Å². The molecule has 1 unspecified atom stereocenters. The van der Waals surface area contributed by atoms with E-state index in [1.54, 1.807) is 0 Å². The predicted octanol–water partition coefficient (Wildman–Crippen LogP) is 2.08. The van der Waals surface area contributed by atoms with Crippen LogP contribution in [0.4, 0.5) is 0 Å². The minimum atomic E-state index is 0.466. The lowest BCUT2D eigenvalue weighted by Crippen LogP contribution is -2.66. The van der Waals surface area contributed by atoms with Gasteiger partial charge in [0.05, 0.1) is 0 Å². The van der Waals surface area contributed by atoms with Crippen molar-refractivity contribution in [1.29, 1.82) is 0 Å². The van der Waals surface area contributed by atoms with Gasteiger partial charge >= 0.3 is 0 Å². The number of hydrogen-bond donors (Lipinski definition) is 1. The van der Waals surface area contributed by atoms with E-state index in [1.165, 1.54) is 71.1 Å². The van der Waals surface area contributed by atoms with Gasteiger partial charge in [-0.15, -0.1) is 0 Å². The lowest BCUT2D eigenvalue weighted by molar-refractivity contribution is 0.0105. The van der Waals surface area contributed by atoms with Crippen molar-refractivity contribution in [3.8, 4) is 0 Å². The molecular formula is C16H31N3. The summed E-state index contributed by atoms with van der Waals surface area (Å²) in [6.07, 6.45) is 9.87. The van der Waals surface area contributed by atoms with Gasteiger partial charge in [0.15, 0.2) is 0 Å². The van der Waals surface area contributed by atoms with Crippen LogP contribution in [0.3, 0.4) is 0 Å². The number of rotatable bonds is 1. The van der Waals surface area contributed by atoms with Crippen LogP contribution < -0.4 is 5.32 Å². The van der Waals surface area contributed by atoms with Gasteiger partial charge in [0.1, 0.15) is 0 Å². The maximum Gasteiger partial charge on any atom is 0.0309 e. The van der Waals surface area contributed by atoms with Gasteiger partial charge in [0, 0.05) is 30.7 Å². The predicted molar refractivity (Wildman–Crippen MR) is 80.5 cm³/mol. The first-order valence-corrected chi connectivity index (χ1v) is 8.38. The Balaban J connectivity index is 1.65. The fourth-order valence-electron chi connectivity index (χ4n) is 4.42. The van der Waals surface area contributed by atoms with E-state index in [2.05, 4.69) is 29.1 Å². The van der Waals surface area contributed by atoms with Gasteiger partial charge in [0.2, 0.25) is 0 Å². The summed E-state index contributed by atoms with van der Waals surface area (Å²) < 4.78 is 0. The highest BCUT2D eigenvalue weighted by molar-refractivity contribution is 5.00. The van der Waals surface area contributed by atoms with E-state index < -0.39 is 0 Å². The third kappa shape index (κ3) is 2.98. The average Bonchev–Trinajstić information content (AvgIpc) is 2.44. The quantitative estimate of drug-likeness (QED) is 0.783. The molecule has 3 nitrogen and oxygen atoms in total. The summed E-state index contributed by atoms with van der Waals surface area (Å²) in [4.78, 5) is 5.34. The number of piperazine rings is 1. The van der Waals surface area contributed by atoms with Crippen molar-refractivity contribution in [3.63, 3.8) is 0 Å². The molecule has 1 atom stereocenters. The smallest absolute Gasteiger partial charge is 0.0309 e. The molecule has 1 aliphatic carbocycles. The van der Waals surface area contributed by atoms with Crippen LogP contribution in [0.15, 0.2) is 0 Å². The molecular weight excluding hydrogens is 234 g/mol. The fourth-order valence-corrected chi connectivity index (χ4v) is 4.42. The first kappa shape index (κ1) is 13.8. The third-order valence-electron chi connectivity index (χ3n) is 5.79. The molecule has 3 aliphatic rings. The molecule has 2 saturated heterocycles. The third-order valence-corrected chi connectivity index (χ3v) is 5.79. The van der Waals surface area contributed by atoms with Crippen molar-refractivity contribution in [3.05, 3.63) is 0 Å². The van der Waals surface area contributed by atoms with Gasteiger partial charge in [-0.3, -0.25) is 4.90 Å². The van der Waals surface area contributed by atoms with Gasteiger partial charge in [0.25, 0.3) is 0 Å². The Morgan fingerprint density at radius 2 is 1.74 bits per heavy atom. The molecule has 3 rings (SSSR count). The zero-order valence-electron chi connectivity index (χ0n) is 12.8. The fraction of sp³-hybridized carbons (Fsp3) is 1.00. The van der Waals surface area contributed by atoms with E-state index in [0.717, 1.165) is 12.1 Å². The molecule has 1 saturated carbocycles. The number of likely N-dealkylation sites (tertiary alicyclic amines) is 1. The Bertz CT molecular complexity index is 290. The molecule has 0 aromatic heterocycles. The molecule has 1 spiro atoms. The van der Waals surface area contributed by atoms with Gasteiger partial charge in [-0.1, -0.05) is 19.3 Å². The van der Waals surface area contributed by atoms with Crippen molar-refractivity contribution >= 4 is 0 Å². The zero-order chi connectivity index (χ0) is 13.3. The Kier molecular flexibility index (Phi) is 4.16. The van der Waals surface area contributed by atoms with Crippen molar-refractivity contribution in [2.24, 2.45) is 0 Å². The first-order chi connectivity index (χ1) is 9.19. The van der Waals surface area contributed by atoms with Gasteiger partial charge in [-0.2, -0.15) is 0 Å². The maximum absolute atomic E-state index is 3.91. The van der Waals surface area contributed by atoms with E-state index >= 15 is 0 Å². The van der Waals surface area contributed by atoms with Gasteiger partial charge in [-0.05, 0) is 52.7 Å². The van der Waals surface area contributed by atoms with Crippen LogP contribution in [0.5, 0.6) is 0 Å². The standard InChI is InChI=1S/C16H31N3/c1-14-12-17-16(8-4-3-5-9-16)13-19(14)15-6-10-18(2)11-7-15/h14-15,17H,3-13H2,1-2H3. The van der Waals surface area contributed by atoms with E-state index in [4.69, 9.17) is 0 Å². The second-order valence-corrected chi connectivity index (χ2v) is 7.28. The lowest BCUT2D eigenvalue weighted by Gasteiger charge is -2.52. The topological polar surface area (TPSA) is 18.5 Å². The number of piperidine rings is 1. The van der Waals surface area contributed by atoms with Gasteiger partial charge in [-0.25, -0.2) is 0 Å². The van der Waals surface area contributed by atoms with Crippen molar-refractivity contribution in [2.75, 3.05) is 33.2 Å². The van der Waals surface area contributed by atoms with Crippen LogP contribution in [0.2, 0.25) is 0 Å². The van der Waals surface area contributed by atoms with E-state index in [1.807, 2.05) is 0 Å². The lowest BCUT2D eigenvalue weighted by atomic mass is 9.78. The highest BCUT2D eigenvalue weighted by Crippen LogP contribution is 2.33. The largest absolute Gasteiger partial charge is 0.308 e. The molecule has 19 heavy (non-hydrogen) atoms. The highest BCUT2D eigenvalue weighted by atomic mass is 15.3. The number of hydrogen-bond acceptors (Lipinski definition) is 3. The molecule has 1 N–H and O–H groups in total. The molecule has 110 valence electrons. The minimum absolute atomic E-state index is 0.466. The van der Waals surface area contributed by atoms with Crippen LogP contribution in [0.25, 0.3) is 0 Å². The minimum Gasteiger partial charge on any atom is -0.308 e. The number of nitrogens with zero attached hydrogens (tertiary/aromatic N) is 2. The van der Waals surface area contributed by atoms with E-state index in [0.29, 0.717) is 5.54 Å². The van der Waals surface area contributed by atoms with Crippen molar-refractivity contribution < 1.29 is 0 Å². The molecule has 3 heteroatoms. The molecule has 0 bridgehead atoms. The maximum atomic E-state index is 3.91. The normalized spacial score (nSPS) is 34.7. The molecule has 0 radical (unpaired) electrons. The molecule has 0 aromatic carbocycles. The molecule has 2 aliphatic heterocycles. The van der Waals surface area contributed by atoms with Crippen LogP contribution in [-0.4, -0.2) is 60.6 Å². The van der Waals surface area contributed by atoms with Crippen molar-refractivity contribution in [1.82, 2.24) is 15.1 Å². The Morgan fingerprint density at radius 1 is 1.05 bits per heavy atom. The SMILES string of the molecule is CC1CNC2(CCCCC2)CN1C1CCN(C)CC1. The summed E-state index contributed by atoms with van der Waals surface area (Å²) in [5, 5.41) is 3.91. The first-order valence-electron chi connectivity index (χ1n) is 8.38. The molecule has 3 fully saturated rings. The zero-order valence-corrected chi connectivity index (χ0v) is 12.8. The second kappa shape index (κ2) is 5.71. The Hall–Kier alpha value is -0.120. The monoisotopic (exact) mass is 265 g/mol. The second-order valence-electron chi connectivity index (χ2n) is 7.28. The van der Waals surface area contributed by atoms with Crippen molar-refractivity contribution in [2.45, 2.75) is 69.5 Å². The molecule has 0 amide bonds. The van der Waals surface area contributed by atoms with Crippen LogP contribution >= 0.6 is 0 Å². The van der Waals surface area contributed by atoms with Crippen LogP contribution in [0.1, 0.15) is 51.9 Å². The van der Waals surface area contributed by atoms with Crippen LogP contribution in [0, 0.1) is 0 Å². The summed E-state index contributed by atoms with van der Waals surface area (Å²) in [5.74, 6) is 0. The van der Waals surface area contributed by atoms with Crippen LogP contribution in [-0.2, 0) is 0 Å². The summed E-state index contributed by atoms with van der Waals surface area (Å²) in [6, 6.07) is 1.56. The molecule has 2 heterocycles. The highest BCUT2D eigenvalue weighted by Gasteiger charge is 2.41. The summed E-state index contributed by atoms with van der Waals surface area (Å²) in [5.41, 5.74) is 0.466. The summed E-state index contributed by atoms with van der Waals surface area (Å²) >= 11 is 0. The number of nitrogens with one attached hydrogen (secondary N) is 1. The summed E-state index contributed by atoms with van der Waals surface area (Å²) in [6.45, 7) is 7.50. The Labute approximate surface area is 118 Å². The Morgan fingerprint density at radius 3 is 2.42 bits per heavy atom. The van der Waals surface area contributed by atoms with Gasteiger partial charge < -0.3 is 10.2 Å². The average molecular weight is 265 g/mol. The summed E-state index contributed by atoms with van der Waals surface area (Å²) in [7, 11) is 2.26. The van der Waals surface area contributed by atoms with E-state index in [-0.39, 0.29) is 0 Å².